The molecular weight excluding hydrogens is 204 g/mol. The standard InChI is InChI=1S/C12H10N2O2/c1-16-12-7-10(11(14-15)8-13-12)9-5-3-2-4-6-9/h2-8H,1H3. The third kappa shape index (κ3) is 1.91. The molecule has 0 aliphatic heterocycles. The second-order valence-electron chi connectivity index (χ2n) is 3.20. The highest BCUT2D eigenvalue weighted by molar-refractivity contribution is 5.75. The van der Waals surface area contributed by atoms with Gasteiger partial charge in [0.05, 0.1) is 13.3 Å². The van der Waals surface area contributed by atoms with Crippen molar-refractivity contribution in [3.05, 3.63) is 47.5 Å². The zero-order valence-electron chi connectivity index (χ0n) is 8.75. The average molecular weight is 214 g/mol. The lowest BCUT2D eigenvalue weighted by atomic mass is 10.1. The van der Waals surface area contributed by atoms with E-state index in [-0.39, 0.29) is 0 Å². The molecule has 0 fully saturated rings. The van der Waals surface area contributed by atoms with Crippen LogP contribution >= 0.6 is 0 Å². The molecule has 1 aromatic carbocycles. The largest absolute Gasteiger partial charge is 0.481 e. The third-order valence-electron chi connectivity index (χ3n) is 2.25. The summed E-state index contributed by atoms with van der Waals surface area (Å²) < 4.78 is 5.02. The Morgan fingerprint density at radius 3 is 2.62 bits per heavy atom. The topological polar surface area (TPSA) is 51.5 Å². The minimum atomic E-state index is 0.312. The summed E-state index contributed by atoms with van der Waals surface area (Å²) >= 11 is 0. The Morgan fingerprint density at radius 1 is 1.25 bits per heavy atom. The first kappa shape index (κ1) is 10.3. The van der Waals surface area contributed by atoms with Gasteiger partial charge in [-0.3, -0.25) is 0 Å². The van der Waals surface area contributed by atoms with Crippen molar-refractivity contribution < 1.29 is 4.74 Å². The fourth-order valence-corrected chi connectivity index (χ4v) is 1.46. The van der Waals surface area contributed by atoms with Crippen LogP contribution in [-0.4, -0.2) is 12.1 Å². The Kier molecular flexibility index (Phi) is 2.91. The van der Waals surface area contributed by atoms with E-state index in [0.29, 0.717) is 11.6 Å². The lowest BCUT2D eigenvalue weighted by Crippen LogP contribution is -1.88. The predicted molar refractivity (Wildman–Crippen MR) is 61.7 cm³/mol. The third-order valence-corrected chi connectivity index (χ3v) is 2.25. The molecule has 2 rings (SSSR count). The molecule has 0 saturated carbocycles. The monoisotopic (exact) mass is 214 g/mol. The quantitative estimate of drug-likeness (QED) is 0.737. The summed E-state index contributed by atoms with van der Waals surface area (Å²) in [5, 5.41) is 2.95. The van der Waals surface area contributed by atoms with Gasteiger partial charge in [0.2, 0.25) is 5.88 Å². The van der Waals surface area contributed by atoms with Crippen LogP contribution in [0.25, 0.3) is 11.1 Å². The number of nitrogens with zero attached hydrogens (tertiary/aromatic N) is 2. The summed E-state index contributed by atoms with van der Waals surface area (Å²) in [5.74, 6) is 0.464. The van der Waals surface area contributed by atoms with Crippen molar-refractivity contribution >= 4 is 5.69 Å². The molecule has 80 valence electrons. The van der Waals surface area contributed by atoms with E-state index in [0.717, 1.165) is 11.1 Å². The van der Waals surface area contributed by atoms with Gasteiger partial charge >= 0.3 is 0 Å². The van der Waals surface area contributed by atoms with E-state index < -0.39 is 0 Å². The highest BCUT2D eigenvalue weighted by atomic mass is 16.5. The van der Waals surface area contributed by atoms with Gasteiger partial charge in [0.1, 0.15) is 5.69 Å². The van der Waals surface area contributed by atoms with Gasteiger partial charge in [-0.05, 0) is 10.7 Å². The van der Waals surface area contributed by atoms with Crippen LogP contribution in [0.5, 0.6) is 5.88 Å². The van der Waals surface area contributed by atoms with E-state index >= 15 is 0 Å². The predicted octanol–water partition coefficient (Wildman–Crippen LogP) is 3.16. The summed E-state index contributed by atoms with van der Waals surface area (Å²) in [6.45, 7) is 0. The molecule has 16 heavy (non-hydrogen) atoms. The number of methoxy groups -OCH3 is 1. The molecule has 1 heterocycles. The highest BCUT2D eigenvalue weighted by Crippen LogP contribution is 2.31. The maximum absolute atomic E-state index is 10.7. The minimum Gasteiger partial charge on any atom is -0.481 e. The first-order valence-electron chi connectivity index (χ1n) is 4.78. The molecule has 0 unspecified atom stereocenters. The van der Waals surface area contributed by atoms with Crippen molar-refractivity contribution in [3.63, 3.8) is 0 Å². The first-order chi connectivity index (χ1) is 7.85. The number of aromatic nitrogens is 1. The Labute approximate surface area is 92.9 Å². The number of ether oxygens (including phenoxy) is 1. The smallest absolute Gasteiger partial charge is 0.213 e. The van der Waals surface area contributed by atoms with Gasteiger partial charge in [0.25, 0.3) is 0 Å². The van der Waals surface area contributed by atoms with Gasteiger partial charge in [0, 0.05) is 11.6 Å². The minimum absolute atomic E-state index is 0.312. The van der Waals surface area contributed by atoms with Crippen LogP contribution in [0.1, 0.15) is 0 Å². The number of benzene rings is 1. The number of pyridine rings is 1. The molecule has 0 aliphatic rings. The van der Waals surface area contributed by atoms with Crippen molar-refractivity contribution in [2.24, 2.45) is 5.18 Å². The molecular formula is C12H10N2O2. The molecule has 0 N–H and O–H groups in total. The van der Waals surface area contributed by atoms with Crippen LogP contribution in [0.15, 0.2) is 47.8 Å². The van der Waals surface area contributed by atoms with Gasteiger partial charge in [-0.1, -0.05) is 30.3 Å². The van der Waals surface area contributed by atoms with E-state index in [2.05, 4.69) is 10.2 Å². The lowest BCUT2D eigenvalue weighted by Gasteiger charge is -2.05. The van der Waals surface area contributed by atoms with Crippen LogP contribution < -0.4 is 4.74 Å². The Hall–Kier alpha value is -2.23. The molecule has 4 nitrogen and oxygen atoms in total. The van der Waals surface area contributed by atoms with E-state index in [1.807, 2.05) is 30.3 Å². The van der Waals surface area contributed by atoms with Crippen LogP contribution in [0.2, 0.25) is 0 Å². The van der Waals surface area contributed by atoms with E-state index in [1.54, 1.807) is 6.07 Å². The van der Waals surface area contributed by atoms with Crippen molar-refractivity contribution in [1.82, 2.24) is 4.98 Å². The van der Waals surface area contributed by atoms with E-state index in [1.165, 1.54) is 13.3 Å². The summed E-state index contributed by atoms with van der Waals surface area (Å²) in [6.07, 6.45) is 1.41. The van der Waals surface area contributed by atoms with Gasteiger partial charge in [0.15, 0.2) is 0 Å². The Morgan fingerprint density at radius 2 is 2.00 bits per heavy atom. The molecule has 2 aromatic rings. The van der Waals surface area contributed by atoms with Crippen molar-refractivity contribution in [1.29, 1.82) is 0 Å². The van der Waals surface area contributed by atoms with Gasteiger partial charge < -0.3 is 4.74 Å². The van der Waals surface area contributed by atoms with E-state index in [9.17, 15) is 4.91 Å². The maximum atomic E-state index is 10.7. The summed E-state index contributed by atoms with van der Waals surface area (Å²) in [7, 11) is 1.53. The van der Waals surface area contributed by atoms with Crippen molar-refractivity contribution in [2.75, 3.05) is 7.11 Å². The summed E-state index contributed by atoms with van der Waals surface area (Å²) in [4.78, 5) is 14.6. The van der Waals surface area contributed by atoms with Gasteiger partial charge in [-0.2, -0.15) is 0 Å². The zero-order valence-corrected chi connectivity index (χ0v) is 8.75. The number of hydrogen-bond donors (Lipinski definition) is 0. The van der Waals surface area contributed by atoms with Crippen molar-refractivity contribution in [3.8, 4) is 17.0 Å². The molecule has 0 saturated heterocycles. The molecule has 1 aromatic heterocycles. The second kappa shape index (κ2) is 4.53. The number of nitroso groups, excluding NO2 is 1. The maximum Gasteiger partial charge on any atom is 0.213 e. The Balaban J connectivity index is 2.57. The SMILES string of the molecule is COc1cc(-c2ccccc2)c(N=O)cn1. The van der Waals surface area contributed by atoms with E-state index in [4.69, 9.17) is 4.74 Å². The zero-order chi connectivity index (χ0) is 11.4. The van der Waals surface area contributed by atoms with Crippen LogP contribution in [0.3, 0.4) is 0 Å². The molecule has 0 bridgehead atoms. The molecule has 0 spiro atoms. The van der Waals surface area contributed by atoms with Gasteiger partial charge in [-0.25, -0.2) is 4.98 Å². The van der Waals surface area contributed by atoms with Crippen LogP contribution in [0.4, 0.5) is 5.69 Å². The summed E-state index contributed by atoms with van der Waals surface area (Å²) in [6, 6.07) is 11.2. The molecule has 0 amide bonds. The van der Waals surface area contributed by atoms with Crippen LogP contribution in [-0.2, 0) is 0 Å². The molecule has 0 aliphatic carbocycles. The lowest BCUT2D eigenvalue weighted by molar-refractivity contribution is 0.398. The fraction of sp³-hybridized carbons (Fsp3) is 0.0833. The van der Waals surface area contributed by atoms with Gasteiger partial charge in [-0.15, -0.1) is 4.91 Å². The molecule has 0 radical (unpaired) electrons. The fourth-order valence-electron chi connectivity index (χ4n) is 1.46. The first-order valence-corrected chi connectivity index (χ1v) is 4.78. The molecule has 0 atom stereocenters. The normalized spacial score (nSPS) is 9.81. The van der Waals surface area contributed by atoms with Crippen molar-refractivity contribution in [2.45, 2.75) is 0 Å². The molecule has 4 heteroatoms. The average Bonchev–Trinajstić information content (AvgIpc) is 2.39. The Bertz CT molecular complexity index is 498. The summed E-state index contributed by atoms with van der Waals surface area (Å²) in [5.41, 5.74) is 1.95. The number of rotatable bonds is 3. The highest BCUT2D eigenvalue weighted by Gasteiger charge is 2.07. The van der Waals surface area contributed by atoms with Crippen LogP contribution in [0, 0.1) is 4.91 Å². The second-order valence-corrected chi connectivity index (χ2v) is 3.20. The number of hydrogen-bond acceptors (Lipinski definition) is 4.